The molecule has 1 aliphatic heterocycles. The van der Waals surface area contributed by atoms with Gasteiger partial charge in [0.1, 0.15) is 0 Å². The first kappa shape index (κ1) is 21.2. The van der Waals surface area contributed by atoms with Crippen molar-refractivity contribution in [3.8, 4) is 0 Å². The first-order chi connectivity index (χ1) is 16.7. The van der Waals surface area contributed by atoms with Crippen molar-refractivity contribution in [1.29, 1.82) is 0 Å². The third kappa shape index (κ3) is 2.86. The Hall–Kier alpha value is -3.32. The van der Waals surface area contributed by atoms with Crippen molar-refractivity contribution >= 4 is 22.7 Å². The Labute approximate surface area is 200 Å². The Morgan fingerprint density at radius 3 is 1.56 bits per heavy atom. The van der Waals surface area contributed by atoms with Crippen LogP contribution in [0.15, 0.2) is 138 Å². The van der Waals surface area contributed by atoms with Crippen LogP contribution in [0.25, 0.3) is 0 Å². The van der Waals surface area contributed by atoms with Crippen LogP contribution >= 0.6 is 6.83 Å². The molecule has 0 N–H and O–H groups in total. The molecule has 1 aliphatic carbocycles. The van der Waals surface area contributed by atoms with E-state index in [0.29, 0.717) is 0 Å². The van der Waals surface area contributed by atoms with E-state index in [1.807, 2.05) is 12.1 Å². The molecule has 1 fully saturated rings. The van der Waals surface area contributed by atoms with Gasteiger partial charge in [0.25, 0.3) is 0 Å². The van der Waals surface area contributed by atoms with Crippen LogP contribution in [0.2, 0.25) is 0 Å². The average Bonchev–Trinajstić information content (AvgIpc) is 3.25. The van der Waals surface area contributed by atoms with E-state index in [2.05, 4.69) is 103 Å². The summed E-state index contributed by atoms with van der Waals surface area (Å²) in [7, 11) is 0. The molecule has 4 aromatic rings. The van der Waals surface area contributed by atoms with Crippen LogP contribution in [0.5, 0.6) is 0 Å². The van der Waals surface area contributed by atoms with Gasteiger partial charge in [-0.05, 0) is 0 Å². The molecule has 1 atom stereocenters. The van der Waals surface area contributed by atoms with E-state index in [1.165, 1.54) is 38.9 Å². The minimum atomic E-state index is -3.56. The zero-order valence-corrected chi connectivity index (χ0v) is 19.7. The first-order valence-electron chi connectivity index (χ1n) is 11.8. The van der Waals surface area contributed by atoms with Gasteiger partial charge >= 0.3 is 200 Å². The number of fused-ring (bicyclic) bond motifs is 1. The number of allylic oxidation sites excluding steroid dienone is 2. The monoisotopic (exact) mass is 464 g/mol. The van der Waals surface area contributed by atoms with Crippen molar-refractivity contribution < 1.29 is 8.91 Å². The average molecular weight is 465 g/mol. The molecule has 4 aromatic carbocycles. The van der Waals surface area contributed by atoms with Crippen molar-refractivity contribution in [2.75, 3.05) is 0 Å². The van der Waals surface area contributed by atoms with Gasteiger partial charge < -0.3 is 0 Å². The van der Waals surface area contributed by atoms with E-state index in [0.717, 1.165) is 18.4 Å². The number of rotatable bonds is 4. The molecule has 1 saturated heterocycles. The minimum absolute atomic E-state index is 0.234. The molecule has 2 aliphatic rings. The fraction of sp³-hybridized carbons (Fsp3) is 0.0968. The van der Waals surface area contributed by atoms with Crippen LogP contribution < -0.4 is 15.9 Å². The molecule has 0 saturated carbocycles. The summed E-state index contributed by atoms with van der Waals surface area (Å²) in [5.41, 5.74) is 2.20. The molecular formula is C31H26FOP. The van der Waals surface area contributed by atoms with Crippen LogP contribution in [0.1, 0.15) is 24.5 Å². The van der Waals surface area contributed by atoms with Crippen molar-refractivity contribution in [2.24, 2.45) is 0 Å². The van der Waals surface area contributed by atoms with Gasteiger partial charge in [-0.25, -0.2) is 0 Å². The number of hydrogen-bond acceptors (Lipinski definition) is 1. The summed E-state index contributed by atoms with van der Waals surface area (Å²) in [4.78, 5) is 0. The predicted molar refractivity (Wildman–Crippen MR) is 141 cm³/mol. The summed E-state index contributed by atoms with van der Waals surface area (Å²) in [5.74, 6) is -0.234. The molecule has 0 spiro atoms. The first-order valence-corrected chi connectivity index (χ1v) is 13.9. The molecule has 34 heavy (non-hydrogen) atoms. The second kappa shape index (κ2) is 8.17. The van der Waals surface area contributed by atoms with Gasteiger partial charge in [-0.15, -0.1) is 0 Å². The topological polar surface area (TPSA) is 9.23 Å². The maximum atomic E-state index is 13.9. The summed E-state index contributed by atoms with van der Waals surface area (Å²) in [6.45, 7) is -3.56. The molecular weight excluding hydrogens is 438 g/mol. The second-order valence-electron chi connectivity index (χ2n) is 8.91. The Bertz CT molecular complexity index is 1280. The summed E-state index contributed by atoms with van der Waals surface area (Å²) >= 11 is 0. The fourth-order valence-electron chi connectivity index (χ4n) is 5.73. The number of hydrogen-bond donors (Lipinski definition) is 0. The van der Waals surface area contributed by atoms with Gasteiger partial charge in [0.05, 0.1) is 0 Å². The maximum absolute atomic E-state index is 13.9. The zero-order chi connectivity index (χ0) is 23.0. The van der Waals surface area contributed by atoms with Crippen molar-refractivity contribution in [2.45, 2.75) is 18.9 Å². The summed E-state index contributed by atoms with van der Waals surface area (Å²) in [6.07, 6.45) is 6.43. The summed E-state index contributed by atoms with van der Waals surface area (Å²) < 4.78 is 21.5. The molecule has 0 radical (unpaired) electrons. The van der Waals surface area contributed by atoms with Crippen LogP contribution in [0, 0.1) is 5.82 Å². The van der Waals surface area contributed by atoms with E-state index < -0.39 is 6.83 Å². The van der Waals surface area contributed by atoms with Gasteiger partial charge in [-0.1, -0.05) is 0 Å². The van der Waals surface area contributed by atoms with Gasteiger partial charge in [0, 0.05) is 0 Å². The van der Waals surface area contributed by atoms with Crippen molar-refractivity contribution in [3.63, 3.8) is 0 Å². The molecule has 1 heterocycles. The molecule has 1 nitrogen and oxygen atoms in total. The fourth-order valence-corrected chi connectivity index (χ4v) is 12.0. The van der Waals surface area contributed by atoms with Crippen LogP contribution in [-0.4, -0.2) is 0 Å². The molecule has 0 amide bonds. The van der Waals surface area contributed by atoms with Crippen molar-refractivity contribution in [1.82, 2.24) is 0 Å². The standard InChI is InChI=1S/C31H26FOP/c32-25-22-20-24(21-23-25)31-29-18-10-11-19-30(29)34(33-31,26-12-4-1-5-13-26,27-14-6-2-7-15-27)28-16-8-3-9-17-28/h1-9,12-23,31H,10-11H2. The summed E-state index contributed by atoms with van der Waals surface area (Å²) in [6, 6.07) is 39.0. The second-order valence-corrected chi connectivity index (χ2v) is 13.2. The Morgan fingerprint density at radius 2 is 1.06 bits per heavy atom. The van der Waals surface area contributed by atoms with Crippen LogP contribution in [0.3, 0.4) is 0 Å². The van der Waals surface area contributed by atoms with Crippen LogP contribution in [0.4, 0.5) is 4.39 Å². The van der Waals surface area contributed by atoms with Gasteiger partial charge in [0.2, 0.25) is 0 Å². The van der Waals surface area contributed by atoms with E-state index >= 15 is 0 Å². The summed E-state index contributed by atoms with van der Waals surface area (Å²) in [5, 5.41) is 4.86. The SMILES string of the molecule is Fc1ccc(C2OP(c3ccccc3)(c3ccccc3)(c3ccccc3)C3=CCCC=C32)cc1. The quantitative estimate of drug-likeness (QED) is 0.297. The van der Waals surface area contributed by atoms with Crippen LogP contribution in [-0.2, 0) is 4.52 Å². The molecule has 168 valence electrons. The zero-order valence-electron chi connectivity index (χ0n) is 18.8. The molecule has 6 rings (SSSR count). The van der Waals surface area contributed by atoms with E-state index in [4.69, 9.17) is 4.52 Å². The Morgan fingerprint density at radius 1 is 0.588 bits per heavy atom. The molecule has 1 unspecified atom stereocenters. The Kier molecular flexibility index (Phi) is 5.10. The van der Waals surface area contributed by atoms with E-state index in [1.54, 1.807) is 0 Å². The van der Waals surface area contributed by atoms with Gasteiger partial charge in [0.15, 0.2) is 0 Å². The van der Waals surface area contributed by atoms with E-state index in [9.17, 15) is 4.39 Å². The van der Waals surface area contributed by atoms with E-state index in [-0.39, 0.29) is 11.9 Å². The normalized spacial score (nSPS) is 21.4. The molecule has 3 heteroatoms. The third-order valence-corrected chi connectivity index (χ3v) is 13.0. The molecule has 0 bridgehead atoms. The third-order valence-electron chi connectivity index (χ3n) is 7.14. The van der Waals surface area contributed by atoms with Crippen molar-refractivity contribution in [3.05, 3.63) is 150 Å². The van der Waals surface area contributed by atoms with Gasteiger partial charge in [-0.3, -0.25) is 0 Å². The van der Waals surface area contributed by atoms with Gasteiger partial charge in [-0.2, -0.15) is 0 Å². The Balaban J connectivity index is 1.77. The predicted octanol–water partition coefficient (Wildman–Crippen LogP) is 6.95. The molecule has 0 aromatic heterocycles. The number of benzene rings is 4. The number of halogens is 1.